The van der Waals surface area contributed by atoms with Crippen LogP contribution in [-0.2, 0) is 33.7 Å². The lowest BCUT2D eigenvalue weighted by Crippen LogP contribution is -2.39. The van der Waals surface area contributed by atoms with Gasteiger partial charge in [0, 0.05) is 7.05 Å². The second-order valence-corrected chi connectivity index (χ2v) is 7.67. The van der Waals surface area contributed by atoms with Gasteiger partial charge in [-0.05, 0) is 12.5 Å². The number of aromatic nitrogens is 3. The van der Waals surface area contributed by atoms with Crippen molar-refractivity contribution in [2.45, 2.75) is 31.8 Å². The summed E-state index contributed by atoms with van der Waals surface area (Å²) in [5, 5.41) is 8.03. The minimum Gasteiger partial charge on any atom is -0.338 e. The summed E-state index contributed by atoms with van der Waals surface area (Å²) < 4.78 is 28.5. The molecular weight excluding hydrogens is 330 g/mol. The summed E-state index contributed by atoms with van der Waals surface area (Å²) in [7, 11) is -1.78. The van der Waals surface area contributed by atoms with Crippen LogP contribution in [0.15, 0.2) is 30.3 Å². The molecule has 1 aliphatic heterocycles. The number of carbonyl (C=O) groups is 1. The second kappa shape index (κ2) is 6.33. The van der Waals surface area contributed by atoms with Crippen molar-refractivity contribution in [3.63, 3.8) is 0 Å². The highest BCUT2D eigenvalue weighted by Gasteiger charge is 2.31. The fourth-order valence-electron chi connectivity index (χ4n) is 2.71. The van der Waals surface area contributed by atoms with E-state index in [0.717, 1.165) is 5.69 Å². The van der Waals surface area contributed by atoms with Gasteiger partial charge in [0.05, 0.1) is 24.5 Å². The first-order chi connectivity index (χ1) is 11.4. The zero-order valence-corrected chi connectivity index (χ0v) is 14.3. The number of sulfonamides is 1. The Morgan fingerprint density at radius 3 is 2.71 bits per heavy atom. The monoisotopic (exact) mass is 349 g/mol. The average molecular weight is 349 g/mol. The van der Waals surface area contributed by atoms with Crippen molar-refractivity contribution in [3.05, 3.63) is 47.3 Å². The number of rotatable bonds is 5. The van der Waals surface area contributed by atoms with Gasteiger partial charge in [0.15, 0.2) is 0 Å². The van der Waals surface area contributed by atoms with E-state index in [-0.39, 0.29) is 18.2 Å². The number of nitrogens with zero attached hydrogens (tertiary/aromatic N) is 4. The summed E-state index contributed by atoms with van der Waals surface area (Å²) >= 11 is 0. The number of hydrogen-bond donors (Lipinski definition) is 1. The van der Waals surface area contributed by atoms with Gasteiger partial charge in [0.25, 0.3) is 0 Å². The Labute approximate surface area is 140 Å². The summed E-state index contributed by atoms with van der Waals surface area (Å²) in [5.74, 6) is -0.129. The number of likely N-dealkylation sites (N-methyl/N-ethyl adjacent to an activating group) is 1. The normalized spacial score (nSPS) is 17.8. The number of nitrogens with one attached hydrogen (secondary N) is 1. The van der Waals surface area contributed by atoms with Gasteiger partial charge in [-0.25, -0.2) is 17.8 Å². The van der Waals surface area contributed by atoms with E-state index >= 15 is 0 Å². The van der Waals surface area contributed by atoms with E-state index in [4.69, 9.17) is 0 Å². The first kappa shape index (κ1) is 16.6. The molecule has 0 radical (unpaired) electrons. The van der Waals surface area contributed by atoms with Crippen molar-refractivity contribution in [1.82, 2.24) is 24.6 Å². The molecule has 1 aliphatic rings. The third-order valence-corrected chi connectivity index (χ3v) is 5.32. The van der Waals surface area contributed by atoms with Crippen molar-refractivity contribution in [2.24, 2.45) is 0 Å². The molecular formula is C15H19N5O3S. The predicted molar refractivity (Wildman–Crippen MR) is 87.1 cm³/mol. The topological polar surface area (TPSA) is 97.2 Å². The van der Waals surface area contributed by atoms with Crippen LogP contribution in [0.3, 0.4) is 0 Å². The van der Waals surface area contributed by atoms with Gasteiger partial charge < -0.3 is 4.90 Å². The molecule has 9 heteroatoms. The molecule has 0 aliphatic carbocycles. The highest BCUT2D eigenvalue weighted by atomic mass is 32.2. The molecule has 1 atom stereocenters. The second-order valence-electron chi connectivity index (χ2n) is 5.86. The molecule has 3 rings (SSSR count). The van der Waals surface area contributed by atoms with Crippen LogP contribution >= 0.6 is 0 Å². The lowest BCUT2D eigenvalue weighted by molar-refractivity contribution is -0.135. The lowest BCUT2D eigenvalue weighted by Gasteiger charge is -2.28. The van der Waals surface area contributed by atoms with Gasteiger partial charge in [0.2, 0.25) is 15.9 Å². The third-order valence-electron chi connectivity index (χ3n) is 4.02. The van der Waals surface area contributed by atoms with Crippen molar-refractivity contribution in [2.75, 3.05) is 7.05 Å². The summed E-state index contributed by atoms with van der Waals surface area (Å²) in [5.41, 5.74) is 2.01. The molecule has 1 aromatic heterocycles. The molecule has 0 fully saturated rings. The van der Waals surface area contributed by atoms with E-state index in [2.05, 4.69) is 15.0 Å². The molecule has 1 aromatic carbocycles. The molecule has 1 unspecified atom stereocenters. The van der Waals surface area contributed by atoms with Crippen LogP contribution in [-0.4, -0.2) is 41.3 Å². The van der Waals surface area contributed by atoms with Crippen molar-refractivity contribution in [3.8, 4) is 0 Å². The van der Waals surface area contributed by atoms with Crippen molar-refractivity contribution in [1.29, 1.82) is 0 Å². The van der Waals surface area contributed by atoms with Crippen LogP contribution < -0.4 is 4.72 Å². The molecule has 1 N–H and O–H groups in total. The minimum atomic E-state index is -3.48. The van der Waals surface area contributed by atoms with E-state index in [1.54, 1.807) is 47.8 Å². The van der Waals surface area contributed by atoms with Crippen LogP contribution in [0, 0.1) is 0 Å². The average Bonchev–Trinajstić information content (AvgIpc) is 2.94. The maximum absolute atomic E-state index is 12.2. The predicted octanol–water partition coefficient (Wildman–Crippen LogP) is 0.431. The molecule has 1 amide bonds. The molecule has 128 valence electrons. The van der Waals surface area contributed by atoms with Crippen LogP contribution in [0.2, 0.25) is 0 Å². The minimum absolute atomic E-state index is 0.0383. The van der Waals surface area contributed by atoms with Gasteiger partial charge in [-0.15, -0.1) is 5.10 Å². The Morgan fingerprint density at radius 2 is 2.00 bits per heavy atom. The third kappa shape index (κ3) is 3.31. The fraction of sp³-hybridized carbons (Fsp3) is 0.400. The van der Waals surface area contributed by atoms with E-state index in [9.17, 15) is 13.2 Å². The van der Waals surface area contributed by atoms with Gasteiger partial charge in [0.1, 0.15) is 11.7 Å². The molecule has 2 heterocycles. The maximum Gasteiger partial charge on any atom is 0.247 e. The first-order valence-electron chi connectivity index (χ1n) is 7.56. The largest absolute Gasteiger partial charge is 0.338 e. The smallest absolute Gasteiger partial charge is 0.247 e. The highest BCUT2D eigenvalue weighted by Crippen LogP contribution is 2.21. The zero-order valence-electron chi connectivity index (χ0n) is 13.5. The number of benzene rings is 1. The Bertz CT molecular complexity index is 847. The number of carbonyl (C=O) groups excluding carboxylic acids is 1. The number of amides is 1. The summed E-state index contributed by atoms with van der Waals surface area (Å²) in [4.78, 5) is 13.5. The molecule has 24 heavy (non-hydrogen) atoms. The van der Waals surface area contributed by atoms with E-state index < -0.39 is 16.1 Å². The molecule has 8 nitrogen and oxygen atoms in total. The van der Waals surface area contributed by atoms with Gasteiger partial charge >= 0.3 is 0 Å². The molecule has 0 bridgehead atoms. The van der Waals surface area contributed by atoms with Gasteiger partial charge in [-0.1, -0.05) is 35.5 Å². The van der Waals surface area contributed by atoms with Crippen LogP contribution in [0.1, 0.15) is 29.9 Å². The Morgan fingerprint density at radius 1 is 1.29 bits per heavy atom. The molecule has 0 saturated heterocycles. The van der Waals surface area contributed by atoms with Gasteiger partial charge in [-0.2, -0.15) is 0 Å². The molecule has 0 spiro atoms. The highest BCUT2D eigenvalue weighted by molar-refractivity contribution is 7.88. The zero-order chi connectivity index (χ0) is 17.3. The molecule has 2 aromatic rings. The fourth-order valence-corrected chi connectivity index (χ4v) is 3.80. The standard InChI is InChI=1S/C15H19N5O3S/c1-11-15(21)19(2)9-14-13(17-18-20(11)14)8-16-24(22,23)10-12-6-4-3-5-7-12/h3-7,11,16H,8-10H2,1-2H3. The SMILES string of the molecule is CC1C(=O)N(C)Cc2c(CNS(=O)(=O)Cc3ccccc3)nnn21. The lowest BCUT2D eigenvalue weighted by atomic mass is 10.2. The Kier molecular flexibility index (Phi) is 4.37. The van der Waals surface area contributed by atoms with Crippen molar-refractivity contribution < 1.29 is 13.2 Å². The first-order valence-corrected chi connectivity index (χ1v) is 9.22. The molecule has 0 saturated carbocycles. The van der Waals surface area contributed by atoms with Crippen LogP contribution in [0.5, 0.6) is 0 Å². The van der Waals surface area contributed by atoms with Gasteiger partial charge in [-0.3, -0.25) is 4.79 Å². The maximum atomic E-state index is 12.2. The summed E-state index contributed by atoms with van der Waals surface area (Å²) in [6.07, 6.45) is 0. The van der Waals surface area contributed by atoms with Crippen molar-refractivity contribution >= 4 is 15.9 Å². The number of fused-ring (bicyclic) bond motifs is 1. The quantitative estimate of drug-likeness (QED) is 0.844. The Balaban J connectivity index is 1.72. The van der Waals surface area contributed by atoms with E-state index in [1.165, 1.54) is 0 Å². The van der Waals surface area contributed by atoms with E-state index in [0.29, 0.717) is 17.8 Å². The number of hydrogen-bond acceptors (Lipinski definition) is 5. The van der Waals surface area contributed by atoms with Crippen LogP contribution in [0.25, 0.3) is 0 Å². The van der Waals surface area contributed by atoms with Crippen LogP contribution in [0.4, 0.5) is 0 Å². The Hall–Kier alpha value is -2.26. The van der Waals surface area contributed by atoms with E-state index in [1.807, 2.05) is 6.07 Å². The summed E-state index contributed by atoms with van der Waals surface area (Å²) in [6.45, 7) is 2.17. The summed E-state index contributed by atoms with van der Waals surface area (Å²) in [6, 6.07) is 8.54.